The van der Waals surface area contributed by atoms with E-state index in [0.717, 1.165) is 11.1 Å². The fourth-order valence-corrected chi connectivity index (χ4v) is 2.21. The van der Waals surface area contributed by atoms with Gasteiger partial charge in [0.2, 0.25) is 0 Å². The van der Waals surface area contributed by atoms with Crippen LogP contribution in [0.2, 0.25) is 0 Å². The van der Waals surface area contributed by atoms with Crippen molar-refractivity contribution in [3.8, 4) is 29.1 Å². The Balaban J connectivity index is 0.00000288. The standard InChI is InChI=1S/C18H17NO4.CH4/c1-21-14-8-13(9-15(11-14)22-2)16(6-7-19)12-4-5-17(20)18(10-12)23-3;/h4-6,8-11,20H,1-3H3;1H4. The molecule has 24 heavy (non-hydrogen) atoms. The van der Waals surface area contributed by atoms with Crippen LogP contribution in [0.25, 0.3) is 5.57 Å². The molecule has 0 atom stereocenters. The van der Waals surface area contributed by atoms with Crippen molar-refractivity contribution >= 4 is 5.57 Å². The number of methoxy groups -OCH3 is 3. The molecule has 0 saturated carbocycles. The molecule has 0 aliphatic rings. The summed E-state index contributed by atoms with van der Waals surface area (Å²) in [5, 5.41) is 18.9. The summed E-state index contributed by atoms with van der Waals surface area (Å²) in [4.78, 5) is 0. The molecule has 1 N–H and O–H groups in total. The van der Waals surface area contributed by atoms with E-state index in [2.05, 4.69) is 0 Å². The first-order valence-electron chi connectivity index (χ1n) is 6.83. The maximum absolute atomic E-state index is 9.73. The van der Waals surface area contributed by atoms with Crippen molar-refractivity contribution in [1.82, 2.24) is 0 Å². The van der Waals surface area contributed by atoms with E-state index in [1.54, 1.807) is 32.4 Å². The molecule has 5 nitrogen and oxygen atoms in total. The molecule has 0 unspecified atom stereocenters. The lowest BCUT2D eigenvalue weighted by Crippen LogP contribution is -1.94. The zero-order valence-corrected chi connectivity index (χ0v) is 13.2. The van der Waals surface area contributed by atoms with Crippen LogP contribution < -0.4 is 14.2 Å². The molecule has 0 aliphatic carbocycles. The van der Waals surface area contributed by atoms with Gasteiger partial charge in [-0.05, 0) is 41.0 Å². The molecule has 0 bridgehead atoms. The molecule has 0 spiro atoms. The summed E-state index contributed by atoms with van der Waals surface area (Å²) in [6, 6.07) is 12.3. The molecule has 2 rings (SSSR count). The van der Waals surface area contributed by atoms with Crippen LogP contribution in [0.3, 0.4) is 0 Å². The van der Waals surface area contributed by atoms with Crippen molar-refractivity contribution in [2.24, 2.45) is 0 Å². The van der Waals surface area contributed by atoms with Crippen LogP contribution in [0.15, 0.2) is 42.5 Å². The van der Waals surface area contributed by atoms with Crippen LogP contribution in [-0.2, 0) is 0 Å². The number of benzene rings is 2. The van der Waals surface area contributed by atoms with Gasteiger partial charge in [0.25, 0.3) is 0 Å². The van der Waals surface area contributed by atoms with Crippen LogP contribution in [0.4, 0.5) is 0 Å². The van der Waals surface area contributed by atoms with Gasteiger partial charge in [0.1, 0.15) is 11.5 Å². The second kappa shape index (κ2) is 8.49. The third-order valence-corrected chi connectivity index (χ3v) is 3.36. The molecule has 0 fully saturated rings. The Morgan fingerprint density at radius 3 is 2.08 bits per heavy atom. The molecule has 0 aromatic heterocycles. The van der Waals surface area contributed by atoms with Crippen molar-refractivity contribution in [1.29, 1.82) is 5.26 Å². The van der Waals surface area contributed by atoms with Gasteiger partial charge in [0.15, 0.2) is 11.5 Å². The van der Waals surface area contributed by atoms with Gasteiger partial charge in [-0.2, -0.15) is 5.26 Å². The Kier molecular flexibility index (Phi) is 6.69. The highest BCUT2D eigenvalue weighted by Gasteiger charge is 2.12. The summed E-state index contributed by atoms with van der Waals surface area (Å²) in [6.07, 6.45) is 1.43. The minimum absolute atomic E-state index is 0. The zero-order valence-electron chi connectivity index (χ0n) is 13.2. The van der Waals surface area contributed by atoms with Crippen LogP contribution in [0, 0.1) is 11.3 Å². The second-order valence-corrected chi connectivity index (χ2v) is 4.68. The Morgan fingerprint density at radius 1 is 0.958 bits per heavy atom. The molecule has 0 saturated heterocycles. The second-order valence-electron chi connectivity index (χ2n) is 4.68. The van der Waals surface area contributed by atoms with Gasteiger partial charge in [-0.15, -0.1) is 0 Å². The van der Waals surface area contributed by atoms with Crippen LogP contribution >= 0.6 is 0 Å². The first-order chi connectivity index (χ1) is 11.1. The Bertz CT molecular complexity index is 753. The van der Waals surface area contributed by atoms with Gasteiger partial charge in [-0.3, -0.25) is 0 Å². The molecular weight excluding hydrogens is 306 g/mol. The van der Waals surface area contributed by atoms with E-state index in [1.807, 2.05) is 18.2 Å². The van der Waals surface area contributed by atoms with E-state index in [4.69, 9.17) is 19.5 Å². The minimum atomic E-state index is 0. The van der Waals surface area contributed by atoms with Gasteiger partial charge in [-0.1, -0.05) is 13.5 Å². The van der Waals surface area contributed by atoms with E-state index in [1.165, 1.54) is 19.3 Å². The number of hydrogen-bond acceptors (Lipinski definition) is 5. The van der Waals surface area contributed by atoms with E-state index < -0.39 is 0 Å². The quantitative estimate of drug-likeness (QED) is 0.840. The number of aromatic hydroxyl groups is 1. The Labute approximate surface area is 142 Å². The SMILES string of the molecule is C.COc1cc(OC)cc(C(=CC#N)c2ccc(O)c(OC)c2)c1. The number of hydrogen-bond donors (Lipinski definition) is 1. The predicted molar refractivity (Wildman–Crippen MR) is 93.6 cm³/mol. The summed E-state index contributed by atoms with van der Waals surface area (Å²) in [6.45, 7) is 0. The first kappa shape index (κ1) is 18.9. The highest BCUT2D eigenvalue weighted by molar-refractivity contribution is 5.83. The molecule has 2 aromatic rings. The summed E-state index contributed by atoms with van der Waals surface area (Å²) in [7, 11) is 4.60. The van der Waals surface area contributed by atoms with Gasteiger partial charge >= 0.3 is 0 Å². The lowest BCUT2D eigenvalue weighted by molar-refractivity contribution is 0.373. The van der Waals surface area contributed by atoms with Crippen LogP contribution in [0.1, 0.15) is 18.6 Å². The topological polar surface area (TPSA) is 71.7 Å². The normalized spacial score (nSPS) is 10.3. The van der Waals surface area contributed by atoms with Crippen molar-refractivity contribution in [2.45, 2.75) is 7.43 Å². The summed E-state index contributed by atoms with van der Waals surface area (Å²) >= 11 is 0. The smallest absolute Gasteiger partial charge is 0.161 e. The highest BCUT2D eigenvalue weighted by Crippen LogP contribution is 2.34. The van der Waals surface area contributed by atoms with Crippen LogP contribution in [-0.4, -0.2) is 26.4 Å². The molecule has 126 valence electrons. The largest absolute Gasteiger partial charge is 0.504 e. The Morgan fingerprint density at radius 2 is 1.58 bits per heavy atom. The monoisotopic (exact) mass is 327 g/mol. The highest BCUT2D eigenvalue weighted by atomic mass is 16.5. The van der Waals surface area contributed by atoms with E-state index in [-0.39, 0.29) is 13.2 Å². The lowest BCUT2D eigenvalue weighted by atomic mass is 9.97. The van der Waals surface area contributed by atoms with Gasteiger partial charge in [-0.25, -0.2) is 0 Å². The summed E-state index contributed by atoms with van der Waals surface area (Å²) < 4.78 is 15.7. The van der Waals surface area contributed by atoms with Crippen molar-refractivity contribution in [3.05, 3.63) is 53.6 Å². The van der Waals surface area contributed by atoms with E-state index in [9.17, 15) is 5.11 Å². The van der Waals surface area contributed by atoms with Gasteiger partial charge < -0.3 is 19.3 Å². The predicted octanol–water partition coefficient (Wildman–Crippen LogP) is 4.01. The van der Waals surface area contributed by atoms with Crippen molar-refractivity contribution in [3.63, 3.8) is 0 Å². The van der Waals surface area contributed by atoms with E-state index >= 15 is 0 Å². The number of nitriles is 1. The molecule has 0 heterocycles. The lowest BCUT2D eigenvalue weighted by Gasteiger charge is -2.13. The van der Waals surface area contributed by atoms with Crippen molar-refractivity contribution < 1.29 is 19.3 Å². The van der Waals surface area contributed by atoms with E-state index in [0.29, 0.717) is 22.8 Å². The average molecular weight is 327 g/mol. The number of phenolic OH excluding ortho intramolecular Hbond substituents is 1. The average Bonchev–Trinajstić information content (AvgIpc) is 2.59. The first-order valence-corrected chi connectivity index (χ1v) is 6.83. The maximum atomic E-state index is 9.73. The zero-order chi connectivity index (χ0) is 16.8. The number of rotatable bonds is 5. The number of ether oxygens (including phenoxy) is 3. The fourth-order valence-electron chi connectivity index (χ4n) is 2.21. The third kappa shape index (κ3) is 3.99. The molecule has 0 aliphatic heterocycles. The number of allylic oxidation sites excluding steroid dienone is 1. The number of nitrogens with zero attached hydrogens (tertiary/aromatic N) is 1. The van der Waals surface area contributed by atoms with Gasteiger partial charge in [0, 0.05) is 12.1 Å². The van der Waals surface area contributed by atoms with Crippen LogP contribution in [0.5, 0.6) is 23.0 Å². The Hall–Kier alpha value is -3.13. The molecule has 0 radical (unpaired) electrons. The van der Waals surface area contributed by atoms with Crippen molar-refractivity contribution in [2.75, 3.05) is 21.3 Å². The summed E-state index contributed by atoms with van der Waals surface area (Å²) in [5.74, 6) is 1.61. The minimum Gasteiger partial charge on any atom is -0.504 e. The number of phenols is 1. The maximum Gasteiger partial charge on any atom is 0.161 e. The molecule has 0 amide bonds. The van der Waals surface area contributed by atoms with Gasteiger partial charge in [0.05, 0.1) is 27.4 Å². The fraction of sp³-hybridized carbons (Fsp3) is 0.211. The molecule has 5 heteroatoms. The molecule has 2 aromatic carbocycles. The third-order valence-electron chi connectivity index (χ3n) is 3.36. The molecular formula is C19H21NO4. The summed E-state index contributed by atoms with van der Waals surface area (Å²) in [5.41, 5.74) is 2.16.